The molecule has 0 bridgehead atoms. The van der Waals surface area contributed by atoms with Gasteiger partial charge in [0.15, 0.2) is 12.2 Å². The van der Waals surface area contributed by atoms with E-state index in [4.69, 9.17) is 9.15 Å². The van der Waals surface area contributed by atoms with Gasteiger partial charge in [0, 0.05) is 12.1 Å². The first-order chi connectivity index (χ1) is 10.8. The summed E-state index contributed by atoms with van der Waals surface area (Å²) in [5.41, 5.74) is 0.707. The molecule has 0 saturated heterocycles. The number of hydrogen-bond acceptors (Lipinski definition) is 5. The van der Waals surface area contributed by atoms with Crippen LogP contribution < -0.4 is 11.1 Å². The van der Waals surface area contributed by atoms with Gasteiger partial charge in [-0.3, -0.25) is 14.2 Å². The molecule has 0 fully saturated rings. The van der Waals surface area contributed by atoms with Crippen LogP contribution in [0.2, 0.25) is 0 Å². The van der Waals surface area contributed by atoms with Gasteiger partial charge in [0.05, 0.1) is 11.9 Å². The predicted molar refractivity (Wildman–Crippen MR) is 83.9 cm³/mol. The zero-order valence-electron chi connectivity index (χ0n) is 13.4. The van der Waals surface area contributed by atoms with Gasteiger partial charge in [-0.05, 0) is 32.9 Å². The van der Waals surface area contributed by atoms with Crippen molar-refractivity contribution in [3.8, 4) is 0 Å². The molecule has 1 amide bonds. The summed E-state index contributed by atoms with van der Waals surface area (Å²) in [6.07, 6.45) is -0.0216. The molecule has 124 valence electrons. The number of ether oxygens (including phenoxy) is 1. The Morgan fingerprint density at radius 1 is 1.26 bits per heavy atom. The van der Waals surface area contributed by atoms with E-state index in [1.165, 1.54) is 4.57 Å². The van der Waals surface area contributed by atoms with E-state index in [0.717, 1.165) is 0 Å². The molecule has 0 atom stereocenters. The van der Waals surface area contributed by atoms with E-state index >= 15 is 0 Å². The van der Waals surface area contributed by atoms with Crippen molar-refractivity contribution in [1.29, 1.82) is 0 Å². The van der Waals surface area contributed by atoms with Gasteiger partial charge in [0.25, 0.3) is 5.91 Å². The van der Waals surface area contributed by atoms with E-state index < -0.39 is 11.7 Å². The molecule has 0 unspecified atom stereocenters. The number of aryl methyl sites for hydroxylation is 1. The normalized spacial score (nSPS) is 11.4. The number of rotatable bonds is 5. The van der Waals surface area contributed by atoms with Crippen molar-refractivity contribution < 1.29 is 18.7 Å². The summed E-state index contributed by atoms with van der Waals surface area (Å²) in [6.45, 7) is 5.31. The minimum atomic E-state index is -0.550. The first kappa shape index (κ1) is 16.8. The van der Waals surface area contributed by atoms with Crippen LogP contribution in [-0.2, 0) is 20.9 Å². The molecule has 0 aliphatic carbocycles. The molecular formula is C16H20N2O5. The Hall–Kier alpha value is -2.57. The predicted octanol–water partition coefficient (Wildman–Crippen LogP) is 1.44. The highest BCUT2D eigenvalue weighted by atomic mass is 16.5. The highest BCUT2D eigenvalue weighted by Gasteiger charge is 2.16. The third kappa shape index (κ3) is 4.70. The lowest BCUT2D eigenvalue weighted by molar-refractivity contribution is -0.149. The van der Waals surface area contributed by atoms with Gasteiger partial charge in [-0.1, -0.05) is 12.1 Å². The van der Waals surface area contributed by atoms with Gasteiger partial charge >= 0.3 is 11.7 Å². The van der Waals surface area contributed by atoms with Gasteiger partial charge in [0.1, 0.15) is 0 Å². The van der Waals surface area contributed by atoms with Crippen LogP contribution in [0.15, 0.2) is 33.5 Å². The van der Waals surface area contributed by atoms with E-state index in [1.54, 1.807) is 24.3 Å². The number of para-hydroxylation sites is 2. The Morgan fingerprint density at radius 3 is 2.65 bits per heavy atom. The maximum absolute atomic E-state index is 11.8. The van der Waals surface area contributed by atoms with Crippen molar-refractivity contribution in [2.24, 2.45) is 0 Å². The van der Waals surface area contributed by atoms with Gasteiger partial charge < -0.3 is 14.5 Å². The average molecular weight is 320 g/mol. The second kappa shape index (κ2) is 6.68. The van der Waals surface area contributed by atoms with Crippen molar-refractivity contribution in [2.45, 2.75) is 39.3 Å². The number of esters is 1. The fourth-order valence-corrected chi connectivity index (χ4v) is 2.10. The quantitative estimate of drug-likeness (QED) is 0.842. The largest absolute Gasteiger partial charge is 0.456 e. The summed E-state index contributed by atoms with van der Waals surface area (Å²) in [6, 6.07) is 6.96. The third-order valence-electron chi connectivity index (χ3n) is 2.99. The van der Waals surface area contributed by atoms with Crippen LogP contribution >= 0.6 is 0 Å². The fraction of sp³-hybridized carbons (Fsp3) is 0.438. The van der Waals surface area contributed by atoms with Crippen molar-refractivity contribution in [1.82, 2.24) is 9.88 Å². The highest BCUT2D eigenvalue weighted by molar-refractivity contribution is 5.81. The Labute approximate surface area is 133 Å². The van der Waals surface area contributed by atoms with E-state index in [0.29, 0.717) is 11.1 Å². The zero-order valence-corrected chi connectivity index (χ0v) is 13.4. The van der Waals surface area contributed by atoms with Crippen LogP contribution in [0.1, 0.15) is 27.2 Å². The molecule has 0 aliphatic rings. The molecular weight excluding hydrogens is 300 g/mol. The number of oxazole rings is 1. The van der Waals surface area contributed by atoms with Crippen LogP contribution in [-0.4, -0.2) is 28.6 Å². The number of hydrogen-bond donors (Lipinski definition) is 1. The molecule has 23 heavy (non-hydrogen) atoms. The molecule has 0 radical (unpaired) electrons. The minimum absolute atomic E-state index is 0.0216. The standard InChI is InChI=1S/C16H20N2O5/c1-16(2,3)17-13(19)10-22-14(20)8-9-18-11-6-4-5-7-12(11)23-15(18)21/h4-7H,8-10H2,1-3H3,(H,17,19). The van der Waals surface area contributed by atoms with E-state index in [9.17, 15) is 14.4 Å². The lowest BCUT2D eigenvalue weighted by atomic mass is 10.1. The Bertz CT molecular complexity index is 767. The van der Waals surface area contributed by atoms with Crippen molar-refractivity contribution in [3.05, 3.63) is 34.8 Å². The Kier molecular flexibility index (Phi) is 4.88. The van der Waals surface area contributed by atoms with E-state index in [2.05, 4.69) is 5.32 Å². The number of benzene rings is 1. The second-order valence-electron chi connectivity index (χ2n) is 6.20. The summed E-state index contributed by atoms with van der Waals surface area (Å²) >= 11 is 0. The number of fused-ring (bicyclic) bond motifs is 1. The Balaban J connectivity index is 1.88. The summed E-state index contributed by atoms with van der Waals surface area (Å²) in [4.78, 5) is 35.0. The number of nitrogens with one attached hydrogen (secondary N) is 1. The maximum atomic E-state index is 11.8. The van der Waals surface area contributed by atoms with E-state index in [-0.39, 0.29) is 31.0 Å². The molecule has 1 N–H and O–H groups in total. The highest BCUT2D eigenvalue weighted by Crippen LogP contribution is 2.12. The van der Waals surface area contributed by atoms with Crippen LogP contribution in [0.3, 0.4) is 0 Å². The molecule has 1 aromatic carbocycles. The smallest absolute Gasteiger partial charge is 0.419 e. The van der Waals surface area contributed by atoms with Crippen molar-refractivity contribution >= 4 is 23.0 Å². The zero-order chi connectivity index (χ0) is 17.0. The lowest BCUT2D eigenvalue weighted by Gasteiger charge is -2.20. The summed E-state index contributed by atoms with van der Waals surface area (Å²) < 4.78 is 11.3. The Morgan fingerprint density at radius 2 is 1.96 bits per heavy atom. The number of amides is 1. The van der Waals surface area contributed by atoms with Gasteiger partial charge in [-0.25, -0.2) is 4.79 Å². The number of aromatic nitrogens is 1. The van der Waals surface area contributed by atoms with Gasteiger partial charge in [-0.2, -0.15) is 0 Å². The van der Waals surface area contributed by atoms with E-state index in [1.807, 2.05) is 20.8 Å². The van der Waals surface area contributed by atoms with Crippen molar-refractivity contribution in [2.75, 3.05) is 6.61 Å². The number of carbonyl (C=O) groups excluding carboxylic acids is 2. The molecule has 0 saturated carbocycles. The lowest BCUT2D eigenvalue weighted by Crippen LogP contribution is -2.42. The molecule has 0 aliphatic heterocycles. The molecule has 2 aromatic rings. The molecule has 0 spiro atoms. The average Bonchev–Trinajstić information content (AvgIpc) is 2.76. The topological polar surface area (TPSA) is 90.5 Å². The van der Waals surface area contributed by atoms with Crippen molar-refractivity contribution in [3.63, 3.8) is 0 Å². The first-order valence-corrected chi connectivity index (χ1v) is 7.31. The molecule has 7 nitrogen and oxygen atoms in total. The number of carbonyl (C=O) groups is 2. The fourth-order valence-electron chi connectivity index (χ4n) is 2.10. The molecule has 2 rings (SSSR count). The van der Waals surface area contributed by atoms with Crippen LogP contribution in [0.4, 0.5) is 0 Å². The maximum Gasteiger partial charge on any atom is 0.419 e. The van der Waals surface area contributed by atoms with Gasteiger partial charge in [-0.15, -0.1) is 0 Å². The molecule has 7 heteroatoms. The third-order valence-corrected chi connectivity index (χ3v) is 2.99. The SMILES string of the molecule is CC(C)(C)NC(=O)COC(=O)CCn1c(=O)oc2ccccc21. The molecule has 1 heterocycles. The summed E-state index contributed by atoms with van der Waals surface area (Å²) in [7, 11) is 0. The summed E-state index contributed by atoms with van der Waals surface area (Å²) in [5.74, 6) is -1.44. The minimum Gasteiger partial charge on any atom is -0.456 e. The number of nitrogens with zero attached hydrogens (tertiary/aromatic N) is 1. The second-order valence-corrected chi connectivity index (χ2v) is 6.20. The monoisotopic (exact) mass is 320 g/mol. The van der Waals surface area contributed by atoms with Crippen LogP contribution in [0, 0.1) is 0 Å². The molecule has 1 aromatic heterocycles. The summed E-state index contributed by atoms with van der Waals surface area (Å²) in [5, 5.41) is 2.69. The van der Waals surface area contributed by atoms with Crippen LogP contribution in [0.25, 0.3) is 11.1 Å². The first-order valence-electron chi connectivity index (χ1n) is 7.31. The van der Waals surface area contributed by atoms with Crippen LogP contribution in [0.5, 0.6) is 0 Å². The van der Waals surface area contributed by atoms with Gasteiger partial charge in [0.2, 0.25) is 0 Å².